The van der Waals surface area contributed by atoms with E-state index in [1.807, 2.05) is 17.3 Å². The molecular weight excluding hydrogens is 550 g/mol. The minimum Gasteiger partial charge on any atom is -0.355 e. The van der Waals surface area contributed by atoms with E-state index in [4.69, 9.17) is 4.98 Å². The third kappa shape index (κ3) is 5.74. The fourth-order valence-corrected chi connectivity index (χ4v) is 6.56. The van der Waals surface area contributed by atoms with Crippen LogP contribution in [0.25, 0.3) is 33.6 Å². The van der Waals surface area contributed by atoms with Crippen LogP contribution in [0.2, 0.25) is 0 Å². The highest BCUT2D eigenvalue weighted by Crippen LogP contribution is 2.33. The van der Waals surface area contributed by atoms with Crippen molar-refractivity contribution in [3.63, 3.8) is 0 Å². The molecule has 10 heteroatoms. The second-order valence-corrected chi connectivity index (χ2v) is 12.4. The number of nitrogens with zero attached hydrogens (tertiary/aromatic N) is 4. The van der Waals surface area contributed by atoms with Gasteiger partial charge in [-0.25, -0.2) is 9.97 Å². The van der Waals surface area contributed by atoms with Gasteiger partial charge in [0.2, 0.25) is 5.91 Å². The molecule has 2 saturated heterocycles. The van der Waals surface area contributed by atoms with Gasteiger partial charge in [0.05, 0.1) is 42.4 Å². The number of nitrogens with one attached hydrogen (secondary N) is 5. The second-order valence-electron chi connectivity index (χ2n) is 12.4. The summed E-state index contributed by atoms with van der Waals surface area (Å²) in [7, 11) is 0. The highest BCUT2D eigenvalue weighted by Gasteiger charge is 2.37. The number of aromatic amines is 2. The minimum atomic E-state index is -0.331. The number of carbonyl (C=O) groups is 1. The van der Waals surface area contributed by atoms with Gasteiger partial charge < -0.3 is 30.8 Å². The largest absolute Gasteiger partial charge is 0.355 e. The van der Waals surface area contributed by atoms with E-state index < -0.39 is 0 Å². The topological polar surface area (TPSA) is 126 Å². The monoisotopic (exact) mass is 591 g/mol. The number of likely N-dealkylation sites (tertiary alicyclic amines) is 1. The molecule has 3 atom stereocenters. The number of hydrogen-bond acceptors (Lipinski definition) is 7. The van der Waals surface area contributed by atoms with Crippen LogP contribution in [0.3, 0.4) is 0 Å². The lowest BCUT2D eigenvalue weighted by atomic mass is 10.0. The molecule has 10 nitrogen and oxygen atoms in total. The average Bonchev–Trinajstić information content (AvgIpc) is 3.89. The van der Waals surface area contributed by atoms with Crippen molar-refractivity contribution in [1.82, 2.24) is 40.8 Å². The smallest absolute Gasteiger partial charge is 0.246 e. The van der Waals surface area contributed by atoms with Crippen molar-refractivity contribution in [3.05, 3.63) is 72.6 Å². The number of amides is 1. The Morgan fingerprint density at radius 3 is 2.07 bits per heavy atom. The summed E-state index contributed by atoms with van der Waals surface area (Å²) >= 11 is 0. The molecule has 3 aliphatic rings. The molecule has 2 aromatic carbocycles. The fraction of sp³-hybridized carbons (Fsp3) is 0.412. The van der Waals surface area contributed by atoms with Gasteiger partial charge in [-0.15, -0.1) is 0 Å². The van der Waals surface area contributed by atoms with E-state index in [1.54, 1.807) is 0 Å². The lowest BCUT2D eigenvalue weighted by Crippen LogP contribution is -2.53. The molecule has 5 N–H and O–H groups in total. The molecular formula is C34H41N9O. The maximum Gasteiger partial charge on any atom is 0.246 e. The van der Waals surface area contributed by atoms with E-state index in [9.17, 15) is 4.79 Å². The van der Waals surface area contributed by atoms with Crippen molar-refractivity contribution in [2.75, 3.05) is 26.2 Å². The molecule has 1 amide bonds. The molecule has 228 valence electrons. The van der Waals surface area contributed by atoms with Gasteiger partial charge in [0.25, 0.3) is 0 Å². The molecule has 44 heavy (non-hydrogen) atoms. The van der Waals surface area contributed by atoms with Crippen LogP contribution in [0.4, 0.5) is 0 Å². The maximum atomic E-state index is 13.7. The van der Waals surface area contributed by atoms with Crippen LogP contribution in [0.15, 0.2) is 65.9 Å². The van der Waals surface area contributed by atoms with Crippen molar-refractivity contribution in [2.45, 2.75) is 57.7 Å². The summed E-state index contributed by atoms with van der Waals surface area (Å²) in [6, 6.07) is 17.1. The Bertz CT molecular complexity index is 1610. The summed E-state index contributed by atoms with van der Waals surface area (Å²) in [6.45, 7) is 7.48. The molecule has 4 aromatic rings. The highest BCUT2D eigenvalue weighted by atomic mass is 16.2. The van der Waals surface area contributed by atoms with E-state index >= 15 is 0 Å². The number of aromatic nitrogens is 4. The first-order chi connectivity index (χ1) is 21.5. The quantitative estimate of drug-likeness (QED) is 0.201. The van der Waals surface area contributed by atoms with Crippen LogP contribution in [0.5, 0.6) is 0 Å². The Morgan fingerprint density at radius 2 is 1.48 bits per heavy atom. The molecule has 7 rings (SSSR count). The Balaban J connectivity index is 1.02. The summed E-state index contributed by atoms with van der Waals surface area (Å²) in [5.41, 5.74) is 6.51. The highest BCUT2D eigenvalue weighted by molar-refractivity contribution is 5.90. The Hall–Kier alpha value is -4.44. The number of aliphatic imine (C=N–C) groups is 1. The van der Waals surface area contributed by atoms with Gasteiger partial charge >= 0.3 is 0 Å². The molecule has 2 fully saturated rings. The average molecular weight is 592 g/mol. The molecule has 5 heterocycles. The van der Waals surface area contributed by atoms with Crippen LogP contribution in [-0.2, 0) is 4.79 Å². The van der Waals surface area contributed by atoms with Crippen LogP contribution < -0.4 is 16.0 Å². The van der Waals surface area contributed by atoms with E-state index in [1.165, 1.54) is 6.42 Å². The molecule has 3 aliphatic heterocycles. The van der Waals surface area contributed by atoms with Crippen LogP contribution in [-0.4, -0.2) is 68.9 Å². The fourth-order valence-electron chi connectivity index (χ4n) is 6.56. The summed E-state index contributed by atoms with van der Waals surface area (Å²) < 4.78 is 0. The lowest BCUT2D eigenvalue weighted by Gasteiger charge is -2.30. The number of guanidine groups is 1. The summed E-state index contributed by atoms with van der Waals surface area (Å²) in [6.07, 6.45) is 8.00. The van der Waals surface area contributed by atoms with Gasteiger partial charge in [0, 0.05) is 13.1 Å². The Morgan fingerprint density at radius 1 is 0.841 bits per heavy atom. The number of benzene rings is 2. The van der Waals surface area contributed by atoms with E-state index in [0.717, 1.165) is 96.7 Å². The number of rotatable bonds is 8. The molecule has 0 saturated carbocycles. The van der Waals surface area contributed by atoms with Crippen molar-refractivity contribution < 1.29 is 4.79 Å². The van der Waals surface area contributed by atoms with Gasteiger partial charge in [0.15, 0.2) is 5.96 Å². The van der Waals surface area contributed by atoms with Gasteiger partial charge in [0.1, 0.15) is 17.7 Å². The SMILES string of the molecule is CC(C)[C@H](NC1=NCCN1)C(=O)N1CCC[C@H]1c1ncc(-c2ccc(-c3ccc(-c4cnc([C@@H]5CCCN5)[nH]4)cc3)cc2)[nH]1. The summed E-state index contributed by atoms with van der Waals surface area (Å²) in [4.78, 5) is 36.5. The maximum absolute atomic E-state index is 13.7. The van der Waals surface area contributed by atoms with E-state index in [0.29, 0.717) is 6.04 Å². The van der Waals surface area contributed by atoms with Crippen LogP contribution in [0, 0.1) is 5.92 Å². The second kappa shape index (κ2) is 12.3. The van der Waals surface area contributed by atoms with Crippen LogP contribution in [0.1, 0.15) is 63.3 Å². The van der Waals surface area contributed by atoms with Gasteiger partial charge in [-0.1, -0.05) is 62.4 Å². The third-order valence-corrected chi connectivity index (χ3v) is 9.06. The number of carbonyl (C=O) groups excluding carboxylic acids is 1. The standard InChI is InChI=1S/C34H41N9O/c1-21(2)30(42-34-36-16-17-37-34)33(44)43-18-4-6-29(43)32-39-20-28(41-32)25-13-9-23(10-14-25)22-7-11-24(12-8-22)27-19-38-31(40-27)26-5-3-15-35-26/h7-14,19-21,26,29-30,35H,3-6,15-18H2,1-2H3,(H,38,40)(H,39,41)(H2,36,37,42)/t26-,29-,30-/m0/s1. The predicted molar refractivity (Wildman–Crippen MR) is 173 cm³/mol. The Labute approximate surface area is 258 Å². The molecule has 0 bridgehead atoms. The van der Waals surface area contributed by atoms with Crippen molar-refractivity contribution in [3.8, 4) is 33.6 Å². The zero-order valence-corrected chi connectivity index (χ0v) is 25.4. The van der Waals surface area contributed by atoms with Gasteiger partial charge in [-0.2, -0.15) is 0 Å². The molecule has 0 aliphatic carbocycles. The van der Waals surface area contributed by atoms with E-state index in [-0.39, 0.29) is 23.9 Å². The third-order valence-electron chi connectivity index (χ3n) is 9.06. The van der Waals surface area contributed by atoms with Crippen molar-refractivity contribution >= 4 is 11.9 Å². The number of H-pyrrole nitrogens is 2. The van der Waals surface area contributed by atoms with Crippen molar-refractivity contribution in [2.24, 2.45) is 10.9 Å². The van der Waals surface area contributed by atoms with Crippen LogP contribution >= 0.6 is 0 Å². The van der Waals surface area contributed by atoms with E-state index in [2.05, 4.69) is 98.3 Å². The molecule has 0 spiro atoms. The molecule has 0 unspecified atom stereocenters. The van der Waals surface area contributed by atoms with Gasteiger partial charge in [-0.3, -0.25) is 9.79 Å². The zero-order valence-electron chi connectivity index (χ0n) is 25.4. The summed E-state index contributed by atoms with van der Waals surface area (Å²) in [5, 5.41) is 10.1. The summed E-state index contributed by atoms with van der Waals surface area (Å²) in [5.74, 6) is 2.82. The first-order valence-electron chi connectivity index (χ1n) is 15.9. The normalized spacial score (nSPS) is 20.6. The predicted octanol–water partition coefficient (Wildman–Crippen LogP) is 4.80. The molecule has 0 radical (unpaired) electrons. The number of hydrogen-bond donors (Lipinski definition) is 5. The minimum absolute atomic E-state index is 0.0593. The molecule has 2 aromatic heterocycles. The number of imidazole rings is 2. The lowest BCUT2D eigenvalue weighted by molar-refractivity contribution is -0.135. The first kappa shape index (κ1) is 28.3. The first-order valence-corrected chi connectivity index (χ1v) is 15.9. The van der Waals surface area contributed by atoms with Crippen molar-refractivity contribution in [1.29, 1.82) is 0 Å². The zero-order chi connectivity index (χ0) is 30.0. The van der Waals surface area contributed by atoms with Gasteiger partial charge in [-0.05, 0) is 60.4 Å². The Kier molecular flexibility index (Phi) is 7.91.